The van der Waals surface area contributed by atoms with Gasteiger partial charge in [0, 0.05) is 56.0 Å². The number of hydrogen-bond donors (Lipinski definition) is 1. The summed E-state index contributed by atoms with van der Waals surface area (Å²) in [5.41, 5.74) is 5.00. The number of rotatable bonds is 12. The van der Waals surface area contributed by atoms with Crippen LogP contribution in [0.2, 0.25) is 0 Å². The van der Waals surface area contributed by atoms with Crippen LogP contribution in [0.3, 0.4) is 0 Å². The van der Waals surface area contributed by atoms with Crippen LogP contribution in [0.5, 0.6) is 0 Å². The van der Waals surface area contributed by atoms with Gasteiger partial charge in [0.15, 0.2) is 0 Å². The van der Waals surface area contributed by atoms with E-state index in [1.165, 1.54) is 10.9 Å². The van der Waals surface area contributed by atoms with Crippen LogP contribution in [-0.4, -0.2) is 59.9 Å². The first-order chi connectivity index (χ1) is 18.0. The summed E-state index contributed by atoms with van der Waals surface area (Å²) in [7, 11) is 1.64. The third-order valence-corrected chi connectivity index (χ3v) is 6.58. The Hall–Kier alpha value is -3.90. The molecule has 0 bridgehead atoms. The van der Waals surface area contributed by atoms with E-state index in [2.05, 4.69) is 17.1 Å². The second kappa shape index (κ2) is 12.9. The fraction of sp³-hybridized carbons (Fsp3) is 0.290. The van der Waals surface area contributed by atoms with E-state index in [1.54, 1.807) is 12.0 Å². The number of aryl methyl sites for hydroxylation is 1. The number of ether oxygens (including phenoxy) is 1. The van der Waals surface area contributed by atoms with Gasteiger partial charge in [0.1, 0.15) is 6.54 Å². The van der Waals surface area contributed by atoms with Crippen molar-refractivity contribution in [3.63, 3.8) is 0 Å². The van der Waals surface area contributed by atoms with Gasteiger partial charge in [-0.15, -0.1) is 0 Å². The standard InChI is InChI=1S/C31H35N3O3/c1-24-13-15-26(16-14-24)31(36)34(18-8-20-37-2)23-30(35)33(22-25-9-4-3-5-10-25)19-17-27-21-32-29-12-7-6-11-28(27)29/h3-7,9-16,21,32H,8,17-20,22-23H2,1-2H3. The number of carbonyl (C=O) groups excluding carboxylic acids is 2. The van der Waals surface area contributed by atoms with Gasteiger partial charge in [0.2, 0.25) is 5.91 Å². The molecule has 0 fully saturated rings. The van der Waals surface area contributed by atoms with Gasteiger partial charge in [0.25, 0.3) is 5.91 Å². The third kappa shape index (κ3) is 7.08. The number of methoxy groups -OCH3 is 1. The fourth-order valence-electron chi connectivity index (χ4n) is 4.48. The molecule has 1 aromatic heterocycles. The molecule has 0 aliphatic heterocycles. The van der Waals surface area contributed by atoms with E-state index in [9.17, 15) is 9.59 Å². The van der Waals surface area contributed by atoms with Gasteiger partial charge in [0.05, 0.1) is 0 Å². The zero-order valence-electron chi connectivity index (χ0n) is 21.7. The molecule has 37 heavy (non-hydrogen) atoms. The quantitative estimate of drug-likeness (QED) is 0.273. The molecular weight excluding hydrogens is 462 g/mol. The normalized spacial score (nSPS) is 11.0. The Balaban J connectivity index is 1.52. The first-order valence-corrected chi connectivity index (χ1v) is 12.8. The van der Waals surface area contributed by atoms with Crippen molar-refractivity contribution >= 4 is 22.7 Å². The Morgan fingerprint density at radius 1 is 0.865 bits per heavy atom. The summed E-state index contributed by atoms with van der Waals surface area (Å²) in [5, 5.41) is 1.17. The van der Waals surface area contributed by atoms with E-state index in [0.29, 0.717) is 38.2 Å². The number of fused-ring (bicyclic) bond motifs is 1. The summed E-state index contributed by atoms with van der Waals surface area (Å²) in [6.45, 7) is 4.04. The molecule has 0 aliphatic carbocycles. The van der Waals surface area contributed by atoms with Crippen molar-refractivity contribution in [2.24, 2.45) is 0 Å². The number of aromatic nitrogens is 1. The van der Waals surface area contributed by atoms with Crippen molar-refractivity contribution in [3.8, 4) is 0 Å². The summed E-state index contributed by atoms with van der Waals surface area (Å²) < 4.78 is 5.20. The Bertz CT molecular complexity index is 1300. The highest BCUT2D eigenvalue weighted by Gasteiger charge is 2.23. The number of benzene rings is 3. The van der Waals surface area contributed by atoms with E-state index in [4.69, 9.17) is 4.74 Å². The number of aromatic amines is 1. The Kier molecular flexibility index (Phi) is 9.11. The average molecular weight is 498 g/mol. The topological polar surface area (TPSA) is 65.6 Å². The Morgan fingerprint density at radius 3 is 2.35 bits per heavy atom. The van der Waals surface area contributed by atoms with Gasteiger partial charge in [-0.1, -0.05) is 66.2 Å². The second-order valence-corrected chi connectivity index (χ2v) is 9.35. The minimum absolute atomic E-state index is 0.0249. The molecule has 4 aromatic rings. The molecule has 6 nitrogen and oxygen atoms in total. The summed E-state index contributed by atoms with van der Waals surface area (Å²) in [5.74, 6) is -0.206. The van der Waals surface area contributed by atoms with Gasteiger partial charge >= 0.3 is 0 Å². The van der Waals surface area contributed by atoms with E-state index in [-0.39, 0.29) is 18.4 Å². The van der Waals surface area contributed by atoms with Crippen molar-refractivity contribution in [2.75, 3.05) is 33.4 Å². The predicted molar refractivity (Wildman–Crippen MR) is 147 cm³/mol. The molecule has 4 rings (SSSR count). The molecule has 3 aromatic carbocycles. The number of para-hydroxylation sites is 1. The molecule has 192 valence electrons. The molecule has 0 saturated heterocycles. The molecule has 6 heteroatoms. The van der Waals surface area contributed by atoms with E-state index in [0.717, 1.165) is 23.1 Å². The summed E-state index contributed by atoms with van der Waals surface area (Å²) in [6, 6.07) is 25.7. The molecule has 0 atom stereocenters. The van der Waals surface area contributed by atoms with Gasteiger partial charge in [-0.3, -0.25) is 9.59 Å². The maximum Gasteiger partial charge on any atom is 0.254 e. The van der Waals surface area contributed by atoms with Crippen LogP contribution >= 0.6 is 0 Å². The third-order valence-electron chi connectivity index (χ3n) is 6.58. The van der Waals surface area contributed by atoms with Crippen molar-refractivity contribution in [1.29, 1.82) is 0 Å². The number of amides is 2. The predicted octanol–water partition coefficient (Wildman–Crippen LogP) is 5.23. The Labute approximate surface area is 218 Å². The van der Waals surface area contributed by atoms with Crippen LogP contribution in [0.4, 0.5) is 0 Å². The van der Waals surface area contributed by atoms with E-state index >= 15 is 0 Å². The zero-order chi connectivity index (χ0) is 26.0. The van der Waals surface area contributed by atoms with Crippen LogP contribution in [0.15, 0.2) is 85.1 Å². The smallest absolute Gasteiger partial charge is 0.254 e. The maximum absolute atomic E-state index is 13.7. The first kappa shape index (κ1) is 26.2. The van der Waals surface area contributed by atoms with Crippen LogP contribution in [0.1, 0.15) is 33.5 Å². The van der Waals surface area contributed by atoms with Crippen molar-refractivity contribution in [3.05, 3.63) is 107 Å². The molecule has 2 amide bonds. The molecule has 0 aliphatic rings. The van der Waals surface area contributed by atoms with Gasteiger partial charge in [-0.05, 0) is 49.1 Å². The number of nitrogens with zero attached hydrogens (tertiary/aromatic N) is 2. The lowest BCUT2D eigenvalue weighted by Gasteiger charge is -2.28. The number of nitrogens with one attached hydrogen (secondary N) is 1. The lowest BCUT2D eigenvalue weighted by Crippen LogP contribution is -2.44. The average Bonchev–Trinajstić information content (AvgIpc) is 3.34. The van der Waals surface area contributed by atoms with Crippen LogP contribution in [0.25, 0.3) is 10.9 Å². The van der Waals surface area contributed by atoms with Gasteiger partial charge < -0.3 is 19.5 Å². The molecule has 0 spiro atoms. The van der Waals surface area contributed by atoms with E-state index < -0.39 is 0 Å². The molecule has 0 radical (unpaired) electrons. The lowest BCUT2D eigenvalue weighted by molar-refractivity contribution is -0.132. The van der Waals surface area contributed by atoms with Crippen LogP contribution < -0.4 is 0 Å². The number of carbonyl (C=O) groups is 2. The monoisotopic (exact) mass is 497 g/mol. The molecule has 0 saturated carbocycles. The van der Waals surface area contributed by atoms with Crippen molar-refractivity contribution < 1.29 is 14.3 Å². The van der Waals surface area contributed by atoms with Crippen molar-refractivity contribution in [2.45, 2.75) is 26.3 Å². The summed E-state index contributed by atoms with van der Waals surface area (Å²) in [4.78, 5) is 33.9. The molecule has 1 heterocycles. The minimum Gasteiger partial charge on any atom is -0.385 e. The highest BCUT2D eigenvalue weighted by atomic mass is 16.5. The van der Waals surface area contributed by atoms with E-state index in [1.807, 2.05) is 84.8 Å². The zero-order valence-corrected chi connectivity index (χ0v) is 21.7. The summed E-state index contributed by atoms with van der Waals surface area (Å²) in [6.07, 6.45) is 3.40. The highest BCUT2D eigenvalue weighted by Crippen LogP contribution is 2.19. The molecule has 1 N–H and O–H groups in total. The molecule has 0 unspecified atom stereocenters. The van der Waals surface area contributed by atoms with Gasteiger partial charge in [-0.25, -0.2) is 0 Å². The molecular formula is C31H35N3O3. The van der Waals surface area contributed by atoms with Crippen molar-refractivity contribution in [1.82, 2.24) is 14.8 Å². The largest absolute Gasteiger partial charge is 0.385 e. The maximum atomic E-state index is 13.7. The van der Waals surface area contributed by atoms with Crippen LogP contribution in [0, 0.1) is 6.92 Å². The van der Waals surface area contributed by atoms with Gasteiger partial charge in [-0.2, -0.15) is 0 Å². The van der Waals surface area contributed by atoms with Crippen LogP contribution in [-0.2, 0) is 22.5 Å². The number of hydrogen-bond acceptors (Lipinski definition) is 3. The fourth-order valence-corrected chi connectivity index (χ4v) is 4.48. The highest BCUT2D eigenvalue weighted by molar-refractivity contribution is 5.96. The minimum atomic E-state index is -0.138. The lowest BCUT2D eigenvalue weighted by atomic mass is 10.1. The second-order valence-electron chi connectivity index (χ2n) is 9.35. The first-order valence-electron chi connectivity index (χ1n) is 12.8. The number of H-pyrrole nitrogens is 1. The Morgan fingerprint density at radius 2 is 1.59 bits per heavy atom. The summed E-state index contributed by atoms with van der Waals surface area (Å²) >= 11 is 0. The SMILES string of the molecule is COCCCN(CC(=O)N(CCc1c[nH]c2ccccc12)Cc1ccccc1)C(=O)c1ccc(C)cc1.